The van der Waals surface area contributed by atoms with Gasteiger partial charge in [0.1, 0.15) is 34.4 Å². The number of ketones is 1. The molecule has 0 radical (unpaired) electrons. The number of rotatable bonds is 11. The third-order valence-corrected chi connectivity index (χ3v) is 8.03. The third kappa shape index (κ3) is 5.16. The van der Waals surface area contributed by atoms with Gasteiger partial charge in [0.05, 0.1) is 31.5 Å². The molecule has 40 heavy (non-hydrogen) atoms. The number of aromatic nitrogens is 4. The molecule has 0 saturated heterocycles. The molecule has 0 atom stereocenters. The number of hydrogen-bond acceptors (Lipinski definition) is 11. The number of aliphatic hydroxyl groups excluding tert-OH is 1. The molecule has 4 heterocycles. The van der Waals surface area contributed by atoms with Crippen LogP contribution in [0.2, 0.25) is 0 Å². The molecule has 4 aromatic heterocycles. The first kappa shape index (κ1) is 26.0. The van der Waals surface area contributed by atoms with Crippen LogP contribution in [0, 0.1) is 0 Å². The lowest BCUT2D eigenvalue weighted by molar-refractivity contribution is 0.0971. The van der Waals surface area contributed by atoms with E-state index in [0.29, 0.717) is 57.1 Å². The zero-order valence-electron chi connectivity index (χ0n) is 21.6. The maximum Gasteiger partial charge on any atom is 0.294 e. The van der Waals surface area contributed by atoms with Gasteiger partial charge in [0.15, 0.2) is 11.5 Å². The molecule has 1 N–H and O–H groups in total. The predicted molar refractivity (Wildman–Crippen MR) is 152 cm³/mol. The molecule has 12 heteroatoms. The standard InChI is InChI=1S/C28H24N4O6S2/c1-35-19-10-23(20-12-25(38-24(20)11-19)21-13-32-27(30-21)40-28(31-32)36-2)37-14-18-15-39-26(29-18)17-7-5-16(6-8-17)22(34)4-3-9-33/h5-8,10-13,15,33H,3-4,9,14H2,1-2H3. The van der Waals surface area contributed by atoms with Gasteiger partial charge < -0.3 is 23.7 Å². The van der Waals surface area contributed by atoms with Crippen molar-refractivity contribution in [3.8, 4) is 38.7 Å². The van der Waals surface area contributed by atoms with Crippen molar-refractivity contribution in [2.24, 2.45) is 0 Å². The maximum absolute atomic E-state index is 12.2. The lowest BCUT2D eigenvalue weighted by atomic mass is 10.1. The average Bonchev–Trinajstić information content (AvgIpc) is 3.77. The number of nitrogens with zero attached hydrogens (tertiary/aromatic N) is 4. The van der Waals surface area contributed by atoms with Gasteiger partial charge in [-0.15, -0.1) is 16.4 Å². The number of aliphatic hydroxyl groups is 1. The summed E-state index contributed by atoms with van der Waals surface area (Å²) in [6, 6.07) is 12.9. The molecule has 2 aromatic carbocycles. The van der Waals surface area contributed by atoms with E-state index < -0.39 is 0 Å². The van der Waals surface area contributed by atoms with Gasteiger partial charge in [-0.1, -0.05) is 24.3 Å². The molecular weight excluding hydrogens is 552 g/mol. The van der Waals surface area contributed by atoms with Gasteiger partial charge in [0.2, 0.25) is 4.96 Å². The number of benzene rings is 2. The van der Waals surface area contributed by atoms with Gasteiger partial charge in [-0.2, -0.15) is 0 Å². The smallest absolute Gasteiger partial charge is 0.294 e. The summed E-state index contributed by atoms with van der Waals surface area (Å²) in [7, 11) is 3.17. The van der Waals surface area contributed by atoms with Crippen molar-refractivity contribution in [1.29, 1.82) is 0 Å². The van der Waals surface area contributed by atoms with Crippen molar-refractivity contribution in [1.82, 2.24) is 19.6 Å². The number of methoxy groups -OCH3 is 2. The summed E-state index contributed by atoms with van der Waals surface area (Å²) >= 11 is 2.85. The first-order valence-electron chi connectivity index (χ1n) is 12.4. The molecule has 0 fully saturated rings. The van der Waals surface area contributed by atoms with Crippen LogP contribution >= 0.6 is 22.7 Å². The van der Waals surface area contributed by atoms with Crippen molar-refractivity contribution in [3.05, 3.63) is 65.3 Å². The highest BCUT2D eigenvalue weighted by Gasteiger charge is 2.18. The van der Waals surface area contributed by atoms with E-state index >= 15 is 0 Å². The van der Waals surface area contributed by atoms with Gasteiger partial charge in [-0.3, -0.25) is 4.79 Å². The lowest BCUT2D eigenvalue weighted by Crippen LogP contribution is -2.00. The summed E-state index contributed by atoms with van der Waals surface area (Å²) in [5.41, 5.74) is 3.58. The molecule has 6 aromatic rings. The molecule has 0 aliphatic heterocycles. The van der Waals surface area contributed by atoms with Crippen LogP contribution in [-0.4, -0.2) is 51.3 Å². The fourth-order valence-corrected chi connectivity index (χ4v) is 5.68. The molecular formula is C28H24N4O6S2. The van der Waals surface area contributed by atoms with Gasteiger partial charge in [-0.05, 0) is 23.8 Å². The second kappa shape index (κ2) is 11.1. The number of Topliss-reactive ketones (excluding diaryl/α,β-unsaturated/α-hetero) is 1. The predicted octanol–water partition coefficient (Wildman–Crippen LogP) is 5.88. The lowest BCUT2D eigenvalue weighted by Gasteiger charge is -2.08. The Morgan fingerprint density at radius 1 is 1.10 bits per heavy atom. The van der Waals surface area contributed by atoms with Crippen molar-refractivity contribution in [2.45, 2.75) is 19.4 Å². The van der Waals surface area contributed by atoms with Crippen molar-refractivity contribution < 1.29 is 28.5 Å². The summed E-state index contributed by atoms with van der Waals surface area (Å²) in [4.78, 5) is 22.2. The largest absolute Gasteiger partial charge is 0.496 e. The number of fused-ring (bicyclic) bond motifs is 2. The van der Waals surface area contributed by atoms with Crippen molar-refractivity contribution >= 4 is 44.4 Å². The molecule has 204 valence electrons. The van der Waals surface area contributed by atoms with Crippen LogP contribution in [0.25, 0.3) is 38.0 Å². The van der Waals surface area contributed by atoms with E-state index in [-0.39, 0.29) is 19.0 Å². The number of furan rings is 1. The van der Waals surface area contributed by atoms with Crippen LogP contribution < -0.4 is 14.2 Å². The van der Waals surface area contributed by atoms with E-state index in [2.05, 4.69) is 10.1 Å². The quantitative estimate of drug-likeness (QED) is 0.189. The van der Waals surface area contributed by atoms with Gasteiger partial charge in [0.25, 0.3) is 5.19 Å². The van der Waals surface area contributed by atoms with Crippen LogP contribution in [0.1, 0.15) is 28.9 Å². The highest BCUT2D eigenvalue weighted by molar-refractivity contribution is 7.18. The number of imidazole rings is 1. The first-order valence-corrected chi connectivity index (χ1v) is 14.1. The normalized spacial score (nSPS) is 11.4. The summed E-state index contributed by atoms with van der Waals surface area (Å²) in [6.07, 6.45) is 2.58. The van der Waals surface area contributed by atoms with Crippen LogP contribution in [0.5, 0.6) is 16.7 Å². The molecule has 0 aliphatic carbocycles. The summed E-state index contributed by atoms with van der Waals surface area (Å²) in [5, 5.41) is 17.4. The zero-order valence-corrected chi connectivity index (χ0v) is 23.3. The van der Waals surface area contributed by atoms with Gasteiger partial charge in [0, 0.05) is 41.7 Å². The fourth-order valence-electron chi connectivity index (χ4n) is 4.17. The van der Waals surface area contributed by atoms with E-state index in [1.54, 1.807) is 37.1 Å². The van der Waals surface area contributed by atoms with E-state index in [0.717, 1.165) is 21.7 Å². The molecule has 0 amide bonds. The number of thiazole rings is 1. The number of carbonyl (C=O) groups is 1. The summed E-state index contributed by atoms with van der Waals surface area (Å²) in [6.45, 7) is 0.259. The average molecular weight is 577 g/mol. The SMILES string of the molecule is COc1cc(OCc2csc(-c3ccc(C(=O)CCCO)cc3)n2)c2cc(-c3cn4nc(OC)sc4n3)oc2c1. The molecule has 10 nitrogen and oxygen atoms in total. The minimum absolute atomic E-state index is 0.00776. The van der Waals surface area contributed by atoms with E-state index in [1.165, 1.54) is 22.7 Å². The molecule has 0 bridgehead atoms. The summed E-state index contributed by atoms with van der Waals surface area (Å²) in [5.74, 6) is 1.81. The van der Waals surface area contributed by atoms with E-state index in [4.69, 9.17) is 28.7 Å². The van der Waals surface area contributed by atoms with E-state index in [9.17, 15) is 4.79 Å². The second-order valence-corrected chi connectivity index (χ2v) is 10.6. The molecule has 0 saturated carbocycles. The highest BCUT2D eigenvalue weighted by atomic mass is 32.1. The van der Waals surface area contributed by atoms with Crippen LogP contribution in [0.3, 0.4) is 0 Å². The first-order chi connectivity index (χ1) is 19.5. The van der Waals surface area contributed by atoms with Gasteiger partial charge in [-0.25, -0.2) is 14.5 Å². The minimum Gasteiger partial charge on any atom is -0.496 e. The Kier molecular flexibility index (Phi) is 7.20. The van der Waals surface area contributed by atoms with Crippen molar-refractivity contribution in [2.75, 3.05) is 20.8 Å². The summed E-state index contributed by atoms with van der Waals surface area (Å²) < 4.78 is 24.6. The van der Waals surface area contributed by atoms with Crippen LogP contribution in [-0.2, 0) is 6.61 Å². The Hall–Kier alpha value is -4.26. The topological polar surface area (TPSA) is 121 Å². The Balaban J connectivity index is 1.20. The maximum atomic E-state index is 12.2. The molecule has 6 rings (SSSR count). The Bertz CT molecular complexity index is 1770. The monoisotopic (exact) mass is 576 g/mol. The zero-order chi connectivity index (χ0) is 27.6. The third-order valence-electron chi connectivity index (χ3n) is 6.20. The molecule has 0 unspecified atom stereocenters. The Morgan fingerprint density at radius 3 is 2.70 bits per heavy atom. The fraction of sp³-hybridized carbons (Fsp3) is 0.214. The highest BCUT2D eigenvalue weighted by Crippen LogP contribution is 2.38. The van der Waals surface area contributed by atoms with Crippen LogP contribution in [0.4, 0.5) is 0 Å². The van der Waals surface area contributed by atoms with Gasteiger partial charge >= 0.3 is 0 Å². The second-order valence-electron chi connectivity index (χ2n) is 8.83. The number of hydrogen-bond donors (Lipinski definition) is 1. The molecule has 0 spiro atoms. The van der Waals surface area contributed by atoms with Crippen LogP contribution in [0.15, 0.2) is 58.5 Å². The molecule has 0 aliphatic rings. The number of carbonyl (C=O) groups excluding carboxylic acids is 1. The Morgan fingerprint density at radius 2 is 1.95 bits per heavy atom. The van der Waals surface area contributed by atoms with Crippen molar-refractivity contribution in [3.63, 3.8) is 0 Å². The number of ether oxygens (including phenoxy) is 3. The van der Waals surface area contributed by atoms with E-state index in [1.807, 2.05) is 35.7 Å². The Labute approximate surface area is 236 Å². The minimum atomic E-state index is 0.00776.